The van der Waals surface area contributed by atoms with E-state index in [9.17, 15) is 4.79 Å². The molecule has 1 N–H and O–H groups in total. The van der Waals surface area contributed by atoms with Crippen LogP contribution in [0, 0.1) is 6.92 Å². The second-order valence-electron chi connectivity index (χ2n) is 10.3. The first-order valence-electron chi connectivity index (χ1n) is 13.9. The highest BCUT2D eigenvalue weighted by molar-refractivity contribution is 5.86. The maximum atomic E-state index is 14.0. The predicted octanol–water partition coefficient (Wildman–Crippen LogP) is 6.17. The maximum Gasteiger partial charge on any atom is 0.276 e. The Morgan fingerprint density at radius 2 is 1.60 bits per heavy atom. The predicted molar refractivity (Wildman–Crippen MR) is 159 cm³/mol. The van der Waals surface area contributed by atoms with Crippen LogP contribution >= 0.6 is 0 Å². The Morgan fingerprint density at radius 1 is 0.875 bits per heavy atom. The van der Waals surface area contributed by atoms with Gasteiger partial charge in [-0.15, -0.1) is 0 Å². The summed E-state index contributed by atoms with van der Waals surface area (Å²) in [5.41, 5.74) is 7.03. The van der Waals surface area contributed by atoms with Crippen molar-refractivity contribution in [3.63, 3.8) is 0 Å². The molecule has 3 heterocycles. The molecule has 204 valence electrons. The molecule has 1 aliphatic heterocycles. The van der Waals surface area contributed by atoms with Gasteiger partial charge in [-0.2, -0.15) is 4.52 Å². The fraction of sp³-hybridized carbons (Fsp3) is 0.273. The average molecular weight is 535 g/mol. The summed E-state index contributed by atoms with van der Waals surface area (Å²) in [6.45, 7) is 4.28. The van der Waals surface area contributed by atoms with Crippen molar-refractivity contribution in [2.75, 3.05) is 25.1 Å². The molecule has 0 atom stereocenters. The smallest absolute Gasteiger partial charge is 0.276 e. The topological polar surface area (TPSA) is 71.9 Å². The van der Waals surface area contributed by atoms with Gasteiger partial charge in [0.2, 0.25) is 0 Å². The summed E-state index contributed by atoms with van der Waals surface area (Å²) in [5.74, 6) is 1.30. The molecule has 40 heavy (non-hydrogen) atoms. The highest BCUT2D eigenvalue weighted by atomic mass is 16.5. The fourth-order valence-electron chi connectivity index (χ4n) is 5.51. The molecule has 1 fully saturated rings. The largest absolute Gasteiger partial charge is 0.493 e. The van der Waals surface area contributed by atoms with Crippen LogP contribution < -0.4 is 19.9 Å². The average Bonchev–Trinajstić information content (AvgIpc) is 3.39. The van der Waals surface area contributed by atoms with Crippen LogP contribution in [0.4, 0.5) is 5.69 Å². The van der Waals surface area contributed by atoms with Gasteiger partial charge < -0.3 is 14.4 Å². The quantitative estimate of drug-likeness (QED) is 0.258. The third kappa shape index (κ3) is 5.07. The third-order valence-electron chi connectivity index (χ3n) is 7.64. The van der Waals surface area contributed by atoms with Crippen LogP contribution in [-0.2, 0) is 13.0 Å². The molecular formula is C33H34N4O3. The monoisotopic (exact) mass is 534 g/mol. The number of H-pyrrole nitrogens is 1. The Labute approximate surface area is 234 Å². The Balaban J connectivity index is 1.38. The Hall–Kier alpha value is -4.52. The van der Waals surface area contributed by atoms with Crippen LogP contribution in [0.5, 0.6) is 11.5 Å². The van der Waals surface area contributed by atoms with Gasteiger partial charge in [-0.05, 0) is 49.4 Å². The number of nitrogens with one attached hydrogen (secondary N) is 1. The summed E-state index contributed by atoms with van der Waals surface area (Å²) in [6.07, 6.45) is 3.94. The van der Waals surface area contributed by atoms with E-state index in [1.165, 1.54) is 6.42 Å². The molecule has 0 saturated carbocycles. The van der Waals surface area contributed by atoms with E-state index in [4.69, 9.17) is 14.5 Å². The number of piperidine rings is 1. The molecule has 3 aromatic carbocycles. The molecule has 0 radical (unpaired) electrons. The Kier molecular flexibility index (Phi) is 7.27. The minimum Gasteiger partial charge on any atom is -0.493 e. The van der Waals surface area contributed by atoms with Crippen molar-refractivity contribution in [1.82, 2.24) is 14.6 Å². The summed E-state index contributed by atoms with van der Waals surface area (Å²) >= 11 is 0. The van der Waals surface area contributed by atoms with Crippen LogP contribution in [0.25, 0.3) is 16.9 Å². The van der Waals surface area contributed by atoms with Crippen LogP contribution in [0.15, 0.2) is 83.7 Å². The number of methoxy groups -OCH3 is 1. The zero-order valence-electron chi connectivity index (χ0n) is 23.0. The van der Waals surface area contributed by atoms with Gasteiger partial charge in [0.05, 0.1) is 12.8 Å². The van der Waals surface area contributed by atoms with Crippen LogP contribution in [0.1, 0.15) is 41.6 Å². The number of hydrogen-bond donors (Lipinski definition) is 1. The molecule has 0 amide bonds. The summed E-state index contributed by atoms with van der Waals surface area (Å²) in [6, 6.07) is 26.1. The zero-order valence-corrected chi connectivity index (χ0v) is 23.0. The summed E-state index contributed by atoms with van der Waals surface area (Å²) in [4.78, 5) is 21.4. The van der Waals surface area contributed by atoms with Gasteiger partial charge in [-0.1, -0.05) is 66.7 Å². The number of rotatable bonds is 8. The molecule has 0 spiro atoms. The molecule has 6 rings (SSSR count). The minimum atomic E-state index is -0.0782. The number of ether oxygens (including phenoxy) is 2. The molecule has 1 saturated heterocycles. The summed E-state index contributed by atoms with van der Waals surface area (Å²) in [7, 11) is 1.63. The number of nitrogens with zero attached hydrogens (tertiary/aromatic N) is 3. The lowest BCUT2D eigenvalue weighted by molar-refractivity contribution is 0.284. The van der Waals surface area contributed by atoms with Crippen molar-refractivity contribution in [3.8, 4) is 22.8 Å². The first-order valence-corrected chi connectivity index (χ1v) is 13.9. The zero-order chi connectivity index (χ0) is 27.5. The number of aromatic amines is 1. The first-order chi connectivity index (χ1) is 19.6. The molecule has 7 heteroatoms. The lowest BCUT2D eigenvalue weighted by Gasteiger charge is -2.28. The molecular weight excluding hydrogens is 500 g/mol. The second kappa shape index (κ2) is 11.3. The standard InChI is InChI=1S/C33H34N4O3/c1-23-27(20-25-16-17-28(39-2)29(21-25)40-22-24-12-6-3-7-13-24)33(38)37-32(34-23)31(36-18-10-5-11-19-36)30(35-37)26-14-8-4-9-15-26/h3-4,6-9,12-17,21,35H,5,10-11,18-20,22H2,1-2H3. The Bertz CT molecular complexity index is 1670. The SMILES string of the molecule is COc1ccc(Cc2c(C)nc3c(N4CCCCC4)c(-c4ccccc4)[nH]n3c2=O)cc1OCc1ccccc1. The van der Waals surface area contributed by atoms with E-state index in [-0.39, 0.29) is 5.56 Å². The van der Waals surface area contributed by atoms with Crippen molar-refractivity contribution < 1.29 is 9.47 Å². The van der Waals surface area contributed by atoms with Crippen molar-refractivity contribution in [1.29, 1.82) is 0 Å². The van der Waals surface area contributed by atoms with E-state index in [0.29, 0.717) is 35.7 Å². The fourth-order valence-corrected chi connectivity index (χ4v) is 5.51. The molecule has 1 aliphatic rings. The lowest BCUT2D eigenvalue weighted by Crippen LogP contribution is -2.30. The maximum absolute atomic E-state index is 14.0. The summed E-state index contributed by atoms with van der Waals surface area (Å²) in [5, 5.41) is 3.42. The van der Waals surface area contributed by atoms with Crippen LogP contribution in [0.2, 0.25) is 0 Å². The number of aromatic nitrogens is 3. The lowest BCUT2D eigenvalue weighted by atomic mass is 10.0. The summed E-state index contributed by atoms with van der Waals surface area (Å²) < 4.78 is 13.3. The van der Waals surface area contributed by atoms with Crippen LogP contribution in [0.3, 0.4) is 0 Å². The number of anilines is 1. The van der Waals surface area contributed by atoms with Gasteiger partial charge in [-0.25, -0.2) is 4.98 Å². The number of aryl methyl sites for hydroxylation is 1. The van der Waals surface area contributed by atoms with Gasteiger partial charge >= 0.3 is 0 Å². The highest BCUT2D eigenvalue weighted by Gasteiger charge is 2.24. The molecule has 7 nitrogen and oxygen atoms in total. The molecule has 5 aromatic rings. The number of fused-ring (bicyclic) bond motifs is 1. The van der Waals surface area contributed by atoms with Gasteiger partial charge in [0.1, 0.15) is 12.3 Å². The van der Waals surface area contributed by atoms with Crippen molar-refractivity contribution >= 4 is 11.3 Å². The van der Waals surface area contributed by atoms with Crippen molar-refractivity contribution in [2.45, 2.75) is 39.2 Å². The normalized spacial score (nSPS) is 13.5. The van der Waals surface area contributed by atoms with E-state index in [1.54, 1.807) is 11.6 Å². The molecule has 0 aliphatic carbocycles. The van der Waals surface area contributed by atoms with E-state index in [0.717, 1.165) is 59.7 Å². The van der Waals surface area contributed by atoms with Gasteiger partial charge in [0.25, 0.3) is 5.56 Å². The number of hydrogen-bond acceptors (Lipinski definition) is 5. The third-order valence-corrected chi connectivity index (χ3v) is 7.64. The molecule has 0 unspecified atom stereocenters. The van der Waals surface area contributed by atoms with E-state index >= 15 is 0 Å². The van der Waals surface area contributed by atoms with E-state index in [1.807, 2.05) is 73.7 Å². The van der Waals surface area contributed by atoms with Gasteiger partial charge in [-0.3, -0.25) is 9.89 Å². The highest BCUT2D eigenvalue weighted by Crippen LogP contribution is 2.35. The molecule has 2 aromatic heterocycles. The second-order valence-corrected chi connectivity index (χ2v) is 10.3. The van der Waals surface area contributed by atoms with E-state index < -0.39 is 0 Å². The minimum absolute atomic E-state index is 0.0782. The Morgan fingerprint density at radius 3 is 2.33 bits per heavy atom. The first kappa shape index (κ1) is 25.7. The number of benzene rings is 3. The van der Waals surface area contributed by atoms with Crippen molar-refractivity contribution in [3.05, 3.63) is 112 Å². The van der Waals surface area contributed by atoms with Gasteiger partial charge in [0, 0.05) is 36.3 Å². The van der Waals surface area contributed by atoms with Crippen molar-refractivity contribution in [2.24, 2.45) is 0 Å². The van der Waals surface area contributed by atoms with Crippen LogP contribution in [-0.4, -0.2) is 34.8 Å². The molecule has 0 bridgehead atoms. The van der Waals surface area contributed by atoms with Gasteiger partial charge in [0.15, 0.2) is 17.1 Å². The van der Waals surface area contributed by atoms with E-state index in [2.05, 4.69) is 22.1 Å².